The molecular formula is C13H16N4O3S2. The Morgan fingerprint density at radius 3 is 3.00 bits per heavy atom. The average Bonchev–Trinajstić information content (AvgIpc) is 3.03. The highest BCUT2D eigenvalue weighted by Gasteiger charge is 2.30. The Morgan fingerprint density at radius 2 is 2.27 bits per heavy atom. The molecular weight excluding hydrogens is 324 g/mol. The number of nitrogens with one attached hydrogen (secondary N) is 1. The molecule has 1 amide bonds. The summed E-state index contributed by atoms with van der Waals surface area (Å²) in [5, 5.41) is 11.2. The van der Waals surface area contributed by atoms with E-state index in [4.69, 9.17) is 0 Å². The van der Waals surface area contributed by atoms with E-state index >= 15 is 0 Å². The first-order valence-electron chi connectivity index (χ1n) is 6.92. The van der Waals surface area contributed by atoms with E-state index in [-0.39, 0.29) is 28.7 Å². The fourth-order valence-electron chi connectivity index (χ4n) is 2.34. The van der Waals surface area contributed by atoms with E-state index in [1.165, 1.54) is 11.8 Å². The van der Waals surface area contributed by atoms with Crippen LogP contribution < -0.4 is 5.32 Å². The fraction of sp³-hybridized carbons (Fsp3) is 0.462. The quantitative estimate of drug-likeness (QED) is 0.815. The Labute approximate surface area is 132 Å². The molecule has 3 heterocycles. The van der Waals surface area contributed by atoms with Gasteiger partial charge in [0, 0.05) is 12.2 Å². The molecule has 1 aliphatic heterocycles. The topological polar surface area (TPSA) is 93.4 Å². The lowest BCUT2D eigenvalue weighted by Crippen LogP contribution is -2.40. The minimum absolute atomic E-state index is 0.0317. The molecule has 1 N–H and O–H groups in total. The van der Waals surface area contributed by atoms with Crippen molar-refractivity contribution in [3.63, 3.8) is 0 Å². The maximum Gasteiger partial charge on any atom is 0.233 e. The minimum atomic E-state index is -2.99. The molecule has 0 spiro atoms. The van der Waals surface area contributed by atoms with Gasteiger partial charge in [0.1, 0.15) is 0 Å². The predicted molar refractivity (Wildman–Crippen MR) is 83.5 cm³/mol. The van der Waals surface area contributed by atoms with E-state index in [0.717, 1.165) is 5.65 Å². The van der Waals surface area contributed by atoms with Gasteiger partial charge >= 0.3 is 0 Å². The molecule has 0 aromatic carbocycles. The molecule has 3 rings (SSSR count). The van der Waals surface area contributed by atoms with Gasteiger partial charge in [-0.1, -0.05) is 17.8 Å². The molecule has 2 aromatic rings. The lowest BCUT2D eigenvalue weighted by Gasteiger charge is -2.14. The van der Waals surface area contributed by atoms with E-state index in [0.29, 0.717) is 11.6 Å². The highest BCUT2D eigenvalue weighted by Crippen LogP contribution is 2.22. The number of rotatable bonds is 4. The van der Waals surface area contributed by atoms with Crippen molar-refractivity contribution < 1.29 is 13.2 Å². The number of amides is 1. The van der Waals surface area contributed by atoms with Crippen molar-refractivity contribution in [2.75, 3.05) is 11.5 Å². The van der Waals surface area contributed by atoms with Crippen LogP contribution in [0.2, 0.25) is 0 Å². The van der Waals surface area contributed by atoms with Crippen LogP contribution in [0, 0.1) is 0 Å². The van der Waals surface area contributed by atoms with Crippen LogP contribution >= 0.6 is 11.8 Å². The molecule has 0 bridgehead atoms. The smallest absolute Gasteiger partial charge is 0.233 e. The van der Waals surface area contributed by atoms with Crippen LogP contribution in [0.3, 0.4) is 0 Å². The van der Waals surface area contributed by atoms with Crippen molar-refractivity contribution in [2.45, 2.75) is 29.8 Å². The fourth-order valence-corrected chi connectivity index (χ4v) is 4.86. The third-order valence-corrected chi connectivity index (χ3v) is 6.34. The first-order valence-corrected chi connectivity index (χ1v) is 9.62. The van der Waals surface area contributed by atoms with Crippen LogP contribution in [0.5, 0.6) is 0 Å². The van der Waals surface area contributed by atoms with E-state index in [9.17, 15) is 13.2 Å². The number of nitrogens with zero attached hydrogens (tertiary/aromatic N) is 3. The van der Waals surface area contributed by atoms with Gasteiger partial charge in [0.2, 0.25) is 5.91 Å². The van der Waals surface area contributed by atoms with Gasteiger partial charge in [-0.3, -0.25) is 9.20 Å². The largest absolute Gasteiger partial charge is 0.351 e. The van der Waals surface area contributed by atoms with Gasteiger partial charge in [0.15, 0.2) is 20.6 Å². The van der Waals surface area contributed by atoms with Gasteiger partial charge in [0.05, 0.1) is 16.8 Å². The maximum atomic E-state index is 12.2. The van der Waals surface area contributed by atoms with Crippen molar-refractivity contribution in [2.24, 2.45) is 0 Å². The first-order chi connectivity index (χ1) is 10.4. The van der Waals surface area contributed by atoms with Crippen molar-refractivity contribution >= 4 is 33.2 Å². The molecule has 0 saturated carbocycles. The van der Waals surface area contributed by atoms with E-state index in [1.54, 1.807) is 6.92 Å². The number of pyridine rings is 1. The summed E-state index contributed by atoms with van der Waals surface area (Å²) in [6, 6.07) is 5.30. The van der Waals surface area contributed by atoms with Crippen molar-refractivity contribution in [1.82, 2.24) is 19.9 Å². The van der Waals surface area contributed by atoms with Crippen LogP contribution in [0.25, 0.3) is 5.65 Å². The molecule has 0 aliphatic carbocycles. The number of sulfone groups is 1. The number of carbonyl (C=O) groups is 1. The average molecular weight is 340 g/mol. The van der Waals surface area contributed by atoms with Gasteiger partial charge in [-0.05, 0) is 25.5 Å². The molecule has 22 heavy (non-hydrogen) atoms. The lowest BCUT2D eigenvalue weighted by atomic mass is 10.2. The summed E-state index contributed by atoms with van der Waals surface area (Å²) >= 11 is 1.30. The summed E-state index contributed by atoms with van der Waals surface area (Å²) < 4.78 is 24.6. The number of fused-ring (bicyclic) bond motifs is 1. The summed E-state index contributed by atoms with van der Waals surface area (Å²) in [6.07, 6.45) is 2.32. The number of hydrogen-bond donors (Lipinski definition) is 1. The second-order valence-corrected chi connectivity index (χ2v) is 8.82. The molecule has 2 atom stereocenters. The van der Waals surface area contributed by atoms with E-state index in [2.05, 4.69) is 15.5 Å². The van der Waals surface area contributed by atoms with Gasteiger partial charge < -0.3 is 5.32 Å². The summed E-state index contributed by atoms with van der Waals surface area (Å²) in [5.74, 6) is -0.00191. The highest BCUT2D eigenvalue weighted by molar-refractivity contribution is 8.00. The maximum absolute atomic E-state index is 12.2. The molecule has 118 valence electrons. The minimum Gasteiger partial charge on any atom is -0.351 e. The summed E-state index contributed by atoms with van der Waals surface area (Å²) in [5.41, 5.74) is 0.722. The second-order valence-electron chi connectivity index (χ2n) is 5.28. The SMILES string of the molecule is C[C@@H](Sc1nnc2ccccn12)C(=O)N[C@H]1CCS(=O)(=O)C1. The number of carbonyl (C=O) groups excluding carboxylic acids is 1. The van der Waals surface area contributed by atoms with Gasteiger partial charge in [-0.2, -0.15) is 0 Å². The number of hydrogen-bond acceptors (Lipinski definition) is 6. The molecule has 0 unspecified atom stereocenters. The zero-order chi connectivity index (χ0) is 15.7. The summed E-state index contributed by atoms with van der Waals surface area (Å²) in [6.45, 7) is 1.77. The Morgan fingerprint density at radius 1 is 1.45 bits per heavy atom. The molecule has 1 aliphatic rings. The zero-order valence-electron chi connectivity index (χ0n) is 12.0. The van der Waals surface area contributed by atoms with Crippen LogP contribution in [0.1, 0.15) is 13.3 Å². The third kappa shape index (κ3) is 3.25. The van der Waals surface area contributed by atoms with Gasteiger partial charge in [-0.15, -0.1) is 10.2 Å². The van der Waals surface area contributed by atoms with Crippen molar-refractivity contribution in [1.29, 1.82) is 0 Å². The van der Waals surface area contributed by atoms with Crippen LogP contribution in [-0.2, 0) is 14.6 Å². The number of thioether (sulfide) groups is 1. The van der Waals surface area contributed by atoms with Crippen LogP contribution in [0.4, 0.5) is 0 Å². The second kappa shape index (κ2) is 5.88. The highest BCUT2D eigenvalue weighted by atomic mass is 32.2. The third-order valence-electron chi connectivity index (χ3n) is 3.51. The monoisotopic (exact) mass is 340 g/mol. The summed E-state index contributed by atoms with van der Waals surface area (Å²) in [4.78, 5) is 12.2. The Balaban J connectivity index is 1.64. The van der Waals surface area contributed by atoms with E-state index < -0.39 is 9.84 Å². The Hall–Kier alpha value is -1.61. The molecule has 7 nitrogen and oxygen atoms in total. The summed E-state index contributed by atoms with van der Waals surface area (Å²) in [7, 11) is -2.99. The lowest BCUT2D eigenvalue weighted by molar-refractivity contribution is -0.120. The molecule has 2 aromatic heterocycles. The van der Waals surface area contributed by atoms with Crippen LogP contribution in [0.15, 0.2) is 29.6 Å². The molecule has 1 saturated heterocycles. The van der Waals surface area contributed by atoms with Gasteiger partial charge in [0.25, 0.3) is 0 Å². The standard InChI is InChI=1S/C13H16N4O3S2/c1-9(12(18)14-10-5-7-22(19,20)8-10)21-13-16-15-11-4-2-3-6-17(11)13/h2-4,6,9-10H,5,7-8H2,1H3,(H,14,18)/t9-,10+/m1/s1. The van der Waals surface area contributed by atoms with E-state index in [1.807, 2.05) is 28.8 Å². The van der Waals surface area contributed by atoms with Crippen LogP contribution in [-0.4, -0.2) is 51.7 Å². The van der Waals surface area contributed by atoms with Crippen molar-refractivity contribution in [3.05, 3.63) is 24.4 Å². The molecule has 0 radical (unpaired) electrons. The molecule has 1 fully saturated rings. The normalized spacial score (nSPS) is 21.8. The molecule has 9 heteroatoms. The first kappa shape index (κ1) is 15.3. The predicted octanol–water partition coefficient (Wildman–Crippen LogP) is 0.513. The van der Waals surface area contributed by atoms with Crippen molar-refractivity contribution in [3.8, 4) is 0 Å². The Bertz CT molecular complexity index is 802. The Kier molecular flexibility index (Phi) is 4.09. The van der Waals surface area contributed by atoms with Gasteiger partial charge in [-0.25, -0.2) is 8.42 Å². The number of aromatic nitrogens is 3. The zero-order valence-corrected chi connectivity index (χ0v) is 13.6.